The predicted molar refractivity (Wildman–Crippen MR) is 120 cm³/mol. The summed E-state index contributed by atoms with van der Waals surface area (Å²) in [4.78, 5) is 13.9. The summed E-state index contributed by atoms with van der Waals surface area (Å²) < 4.78 is 6.54. The molecule has 0 aromatic heterocycles. The number of aliphatic hydroxyl groups is 2. The predicted octanol–water partition coefficient (Wildman–Crippen LogP) is 4.88. The number of carbonyl (C=O) groups excluding carboxylic acids is 1. The van der Waals surface area contributed by atoms with Crippen molar-refractivity contribution in [2.24, 2.45) is 46.3 Å². The second kappa shape index (κ2) is 7.58. The van der Waals surface area contributed by atoms with Crippen molar-refractivity contribution in [2.75, 3.05) is 6.61 Å². The van der Waals surface area contributed by atoms with Gasteiger partial charge in [0.1, 0.15) is 11.9 Å². The minimum atomic E-state index is -0.280. The van der Waals surface area contributed by atoms with Crippen LogP contribution in [0.15, 0.2) is 11.3 Å². The van der Waals surface area contributed by atoms with E-state index in [9.17, 15) is 15.0 Å². The van der Waals surface area contributed by atoms with Crippen LogP contribution in [-0.4, -0.2) is 34.8 Å². The first-order valence-corrected chi connectivity index (χ1v) is 12.9. The van der Waals surface area contributed by atoms with Crippen molar-refractivity contribution in [3.8, 4) is 0 Å². The highest BCUT2D eigenvalue weighted by Crippen LogP contribution is 2.68. The Morgan fingerprint density at radius 3 is 2.68 bits per heavy atom. The largest absolute Gasteiger partial charge is 0.494 e. The molecule has 0 spiro atoms. The minimum Gasteiger partial charge on any atom is -0.494 e. The lowest BCUT2D eigenvalue weighted by Crippen LogP contribution is -2.57. The minimum absolute atomic E-state index is 0.141. The van der Waals surface area contributed by atoms with Gasteiger partial charge in [-0.3, -0.25) is 4.79 Å². The molecule has 0 unspecified atom stereocenters. The Morgan fingerprint density at radius 2 is 1.94 bits per heavy atom. The molecule has 4 aliphatic carbocycles. The van der Waals surface area contributed by atoms with E-state index in [1.165, 1.54) is 18.4 Å². The highest BCUT2D eigenvalue weighted by molar-refractivity contribution is 5.87. The van der Waals surface area contributed by atoms with Gasteiger partial charge in [0, 0.05) is 30.8 Å². The summed E-state index contributed by atoms with van der Waals surface area (Å²) in [6.07, 6.45) is 8.93. The molecule has 0 saturated heterocycles. The number of aliphatic hydroxyl groups excluding tert-OH is 2. The van der Waals surface area contributed by atoms with E-state index >= 15 is 0 Å². The summed E-state index contributed by atoms with van der Waals surface area (Å²) in [5.74, 6) is 4.23. The lowest BCUT2D eigenvalue weighted by Gasteiger charge is -2.60. The second-order valence-electron chi connectivity index (χ2n) is 12.3. The fourth-order valence-corrected chi connectivity index (χ4v) is 8.97. The third kappa shape index (κ3) is 3.10. The molecule has 31 heavy (non-hydrogen) atoms. The van der Waals surface area contributed by atoms with Crippen LogP contribution in [0.4, 0.5) is 0 Å². The molecule has 0 aromatic carbocycles. The van der Waals surface area contributed by atoms with Crippen molar-refractivity contribution in [3.05, 3.63) is 11.3 Å². The smallest absolute Gasteiger partial charge is 0.140 e. The van der Waals surface area contributed by atoms with E-state index in [1.54, 1.807) is 0 Å². The van der Waals surface area contributed by atoms with Crippen LogP contribution in [0.2, 0.25) is 0 Å². The molecule has 5 aliphatic rings. The van der Waals surface area contributed by atoms with Gasteiger partial charge in [0.2, 0.25) is 0 Å². The van der Waals surface area contributed by atoms with E-state index in [2.05, 4.69) is 27.7 Å². The van der Waals surface area contributed by atoms with Gasteiger partial charge in [0.25, 0.3) is 0 Å². The monoisotopic (exact) mass is 430 g/mol. The average Bonchev–Trinajstić information content (AvgIpc) is 3.22. The average molecular weight is 431 g/mol. The van der Waals surface area contributed by atoms with E-state index < -0.39 is 0 Å². The van der Waals surface area contributed by atoms with Gasteiger partial charge in [0.15, 0.2) is 0 Å². The van der Waals surface area contributed by atoms with Crippen LogP contribution in [-0.2, 0) is 9.53 Å². The summed E-state index contributed by atoms with van der Waals surface area (Å²) in [7, 11) is 0. The van der Waals surface area contributed by atoms with E-state index in [-0.39, 0.29) is 41.5 Å². The first-order chi connectivity index (χ1) is 14.7. The van der Waals surface area contributed by atoms with E-state index in [1.807, 2.05) is 0 Å². The summed E-state index contributed by atoms with van der Waals surface area (Å²) in [5, 5.41) is 19.6. The molecule has 0 amide bonds. The highest BCUT2D eigenvalue weighted by atomic mass is 16.5. The summed E-state index contributed by atoms with van der Waals surface area (Å²) >= 11 is 0. The number of ether oxygens (including phenoxy) is 1. The molecule has 0 bridgehead atoms. The molecule has 174 valence electrons. The van der Waals surface area contributed by atoms with E-state index in [4.69, 9.17) is 4.74 Å². The Labute approximate surface area is 187 Å². The van der Waals surface area contributed by atoms with Crippen LogP contribution in [0.3, 0.4) is 0 Å². The number of hydrogen-bond acceptors (Lipinski definition) is 4. The highest BCUT2D eigenvalue weighted by Gasteiger charge is 2.67. The van der Waals surface area contributed by atoms with E-state index in [0.717, 1.165) is 50.7 Å². The van der Waals surface area contributed by atoms with Crippen molar-refractivity contribution in [1.29, 1.82) is 0 Å². The maximum absolute atomic E-state index is 13.9. The standard InChI is InChI=1S/C27H42O4/c1-15(14-28)5-8-22-16(2)25-23(31-22)12-21-19-7-6-17-11-18(29)9-10-26(17,3)20(19)13-24(30)27(21,25)4/h15,17-21,23,25,28-29H,5-14H2,1-4H3/t15-,17+,18+,19-,20-,21-,23-,25+,26+,27-/m1/s1. The molecule has 5 rings (SSSR count). The van der Waals surface area contributed by atoms with Crippen LogP contribution in [0.25, 0.3) is 0 Å². The van der Waals surface area contributed by atoms with Gasteiger partial charge in [-0.2, -0.15) is 0 Å². The Kier molecular flexibility index (Phi) is 5.37. The SMILES string of the molecule is CC1=C(CC[C@@H](C)CO)O[C@@H]2C[C@@H]3[C@@H]4CC[C@H]5C[C@@H](O)CC[C@]5(C)[C@@H]4CC(=O)[C@]3(C)[C@@H]12. The van der Waals surface area contributed by atoms with Crippen LogP contribution in [0, 0.1) is 46.3 Å². The van der Waals surface area contributed by atoms with Gasteiger partial charge in [-0.15, -0.1) is 0 Å². The zero-order valence-corrected chi connectivity index (χ0v) is 19.9. The van der Waals surface area contributed by atoms with Crippen molar-refractivity contribution in [2.45, 2.75) is 97.7 Å². The number of carbonyl (C=O) groups is 1. The summed E-state index contributed by atoms with van der Waals surface area (Å²) in [6.45, 7) is 9.21. The van der Waals surface area contributed by atoms with Gasteiger partial charge in [-0.05, 0) is 92.4 Å². The number of Topliss-reactive ketones (excluding diaryl/α,β-unsaturated/α-hetero) is 1. The van der Waals surface area contributed by atoms with Crippen LogP contribution in [0.1, 0.15) is 85.5 Å². The Morgan fingerprint density at radius 1 is 1.16 bits per heavy atom. The zero-order chi connectivity index (χ0) is 22.1. The van der Waals surface area contributed by atoms with Crippen molar-refractivity contribution < 1.29 is 19.7 Å². The lowest BCUT2D eigenvalue weighted by molar-refractivity contribution is -0.158. The van der Waals surface area contributed by atoms with Gasteiger partial charge >= 0.3 is 0 Å². The van der Waals surface area contributed by atoms with Crippen molar-refractivity contribution >= 4 is 5.78 Å². The molecule has 4 saturated carbocycles. The number of rotatable bonds is 4. The number of fused-ring (bicyclic) bond motifs is 7. The maximum Gasteiger partial charge on any atom is 0.140 e. The van der Waals surface area contributed by atoms with Crippen molar-refractivity contribution in [1.82, 2.24) is 0 Å². The first-order valence-electron chi connectivity index (χ1n) is 12.9. The van der Waals surface area contributed by atoms with E-state index in [0.29, 0.717) is 29.5 Å². The van der Waals surface area contributed by atoms with Crippen LogP contribution < -0.4 is 0 Å². The van der Waals surface area contributed by atoms with Crippen LogP contribution >= 0.6 is 0 Å². The number of ketones is 1. The molecule has 4 heteroatoms. The number of hydrogen-bond donors (Lipinski definition) is 2. The summed E-state index contributed by atoms with van der Waals surface area (Å²) in [6, 6.07) is 0. The molecule has 0 radical (unpaired) electrons. The zero-order valence-electron chi connectivity index (χ0n) is 19.9. The Bertz CT molecular complexity index is 773. The molecule has 2 N–H and O–H groups in total. The van der Waals surface area contributed by atoms with Gasteiger partial charge in [-0.25, -0.2) is 0 Å². The molecular formula is C27H42O4. The van der Waals surface area contributed by atoms with Gasteiger partial charge in [0.05, 0.1) is 11.9 Å². The first kappa shape index (κ1) is 21.9. The fourth-order valence-electron chi connectivity index (χ4n) is 8.97. The molecule has 1 aliphatic heterocycles. The third-order valence-electron chi connectivity index (χ3n) is 10.9. The van der Waals surface area contributed by atoms with Crippen LogP contribution in [0.5, 0.6) is 0 Å². The molecule has 1 heterocycles. The number of allylic oxidation sites excluding steroid dienone is 1. The van der Waals surface area contributed by atoms with Gasteiger partial charge < -0.3 is 14.9 Å². The van der Waals surface area contributed by atoms with Gasteiger partial charge in [-0.1, -0.05) is 20.8 Å². The topological polar surface area (TPSA) is 66.8 Å². The quantitative estimate of drug-likeness (QED) is 0.667. The summed E-state index contributed by atoms with van der Waals surface area (Å²) in [5.41, 5.74) is 1.25. The molecule has 4 nitrogen and oxygen atoms in total. The Balaban J connectivity index is 1.41. The van der Waals surface area contributed by atoms with Crippen molar-refractivity contribution in [3.63, 3.8) is 0 Å². The molecule has 10 atom stereocenters. The molecule has 0 aromatic rings. The molecular weight excluding hydrogens is 388 g/mol. The normalized spacial score (nSPS) is 49.7. The maximum atomic E-state index is 13.9. The lowest BCUT2D eigenvalue weighted by atomic mass is 9.44. The molecule has 4 fully saturated rings. The fraction of sp³-hybridized carbons (Fsp3) is 0.889. The Hall–Kier alpha value is -0.870. The second-order valence-corrected chi connectivity index (χ2v) is 12.3. The third-order valence-corrected chi connectivity index (χ3v) is 10.9.